The molecule has 6 heteroatoms. The number of carboxylic acid groups (broad SMARTS) is 1. The van der Waals surface area contributed by atoms with Gasteiger partial charge in [-0.1, -0.05) is 0 Å². The van der Waals surface area contributed by atoms with Crippen molar-refractivity contribution in [2.24, 2.45) is 11.8 Å². The molecular weight excluding hydrogens is 228 g/mol. The Bertz CT molecular complexity index is 435. The Morgan fingerprint density at radius 1 is 1.44 bits per heavy atom. The van der Waals surface area contributed by atoms with Gasteiger partial charge in [-0.25, -0.2) is 4.98 Å². The minimum atomic E-state index is -0.897. The minimum absolute atomic E-state index is 0.235. The fourth-order valence-corrected chi connectivity index (χ4v) is 2.30. The highest BCUT2D eigenvalue weighted by Gasteiger charge is 2.48. The highest BCUT2D eigenvalue weighted by Crippen LogP contribution is 2.39. The summed E-state index contributed by atoms with van der Waals surface area (Å²) < 4.78 is 0. The van der Waals surface area contributed by atoms with Gasteiger partial charge >= 0.3 is 5.97 Å². The van der Waals surface area contributed by atoms with Crippen molar-refractivity contribution in [1.29, 1.82) is 0 Å². The number of thiazole rings is 1. The minimum Gasteiger partial charge on any atom is -0.481 e. The van der Waals surface area contributed by atoms with Crippen LogP contribution in [0.5, 0.6) is 0 Å². The number of aryl methyl sites for hydroxylation is 2. The monoisotopic (exact) mass is 240 g/mol. The van der Waals surface area contributed by atoms with Crippen LogP contribution in [0.25, 0.3) is 0 Å². The smallest absolute Gasteiger partial charge is 0.307 e. The molecule has 1 heterocycles. The molecule has 1 amide bonds. The predicted molar refractivity (Wildman–Crippen MR) is 59.5 cm³/mol. The third-order valence-corrected chi connectivity index (χ3v) is 3.69. The summed E-state index contributed by atoms with van der Waals surface area (Å²) in [5.74, 6) is -2.03. The van der Waals surface area contributed by atoms with Crippen LogP contribution in [0.3, 0.4) is 0 Å². The highest BCUT2D eigenvalue weighted by atomic mass is 32.1. The number of hydrogen-bond acceptors (Lipinski definition) is 4. The van der Waals surface area contributed by atoms with Crippen molar-refractivity contribution in [3.63, 3.8) is 0 Å². The number of hydrogen-bond donors (Lipinski definition) is 2. The largest absolute Gasteiger partial charge is 0.481 e. The van der Waals surface area contributed by atoms with Gasteiger partial charge in [-0.3, -0.25) is 9.59 Å². The number of amides is 1. The summed E-state index contributed by atoms with van der Waals surface area (Å²) in [6.07, 6.45) is 0.435. The number of carbonyl (C=O) groups excluding carboxylic acids is 1. The van der Waals surface area contributed by atoms with E-state index in [1.807, 2.05) is 13.8 Å². The van der Waals surface area contributed by atoms with Crippen LogP contribution in [0.15, 0.2) is 0 Å². The van der Waals surface area contributed by atoms with Crippen LogP contribution >= 0.6 is 11.3 Å². The SMILES string of the molecule is Cc1nc(NC(=O)C2CC2C(=O)O)sc1C. The van der Waals surface area contributed by atoms with Crippen molar-refractivity contribution in [2.45, 2.75) is 20.3 Å². The van der Waals surface area contributed by atoms with Gasteiger partial charge in [-0.05, 0) is 20.3 Å². The van der Waals surface area contributed by atoms with Crippen LogP contribution < -0.4 is 5.32 Å². The number of carbonyl (C=O) groups is 2. The number of aromatic nitrogens is 1. The topological polar surface area (TPSA) is 79.3 Å². The zero-order chi connectivity index (χ0) is 11.9. The Balaban J connectivity index is 1.96. The first-order valence-corrected chi connectivity index (χ1v) is 5.78. The maximum absolute atomic E-state index is 11.6. The van der Waals surface area contributed by atoms with Crippen LogP contribution in [-0.4, -0.2) is 22.0 Å². The second-order valence-electron chi connectivity index (χ2n) is 3.94. The molecule has 0 saturated heterocycles. The van der Waals surface area contributed by atoms with Crippen LogP contribution in [0.2, 0.25) is 0 Å². The lowest BCUT2D eigenvalue weighted by Gasteiger charge is -1.98. The molecule has 1 aliphatic rings. The van der Waals surface area contributed by atoms with Gasteiger partial charge in [0.2, 0.25) is 5.91 Å². The summed E-state index contributed by atoms with van der Waals surface area (Å²) in [5, 5.41) is 11.9. The first kappa shape index (κ1) is 11.1. The third-order valence-electron chi connectivity index (χ3n) is 2.70. The van der Waals surface area contributed by atoms with E-state index in [1.54, 1.807) is 0 Å². The molecule has 2 unspecified atom stereocenters. The molecule has 0 bridgehead atoms. The van der Waals surface area contributed by atoms with Gasteiger partial charge in [0, 0.05) is 4.88 Å². The third kappa shape index (κ3) is 2.06. The molecule has 1 aromatic heterocycles. The van der Waals surface area contributed by atoms with Crippen LogP contribution in [0.4, 0.5) is 5.13 Å². The Morgan fingerprint density at radius 2 is 2.12 bits per heavy atom. The molecule has 1 saturated carbocycles. The van der Waals surface area contributed by atoms with E-state index in [0.29, 0.717) is 11.6 Å². The number of nitrogens with one attached hydrogen (secondary N) is 1. The zero-order valence-electron chi connectivity index (χ0n) is 8.98. The summed E-state index contributed by atoms with van der Waals surface area (Å²) in [7, 11) is 0. The van der Waals surface area contributed by atoms with Crippen LogP contribution in [0, 0.1) is 25.7 Å². The normalized spacial score (nSPS) is 22.9. The molecule has 0 aromatic carbocycles. The number of aliphatic carboxylic acids is 1. The number of carboxylic acids is 1. The molecule has 1 aliphatic carbocycles. The summed E-state index contributed by atoms with van der Waals surface area (Å²) in [6, 6.07) is 0. The standard InChI is InChI=1S/C10H12N2O3S/c1-4-5(2)16-10(11-4)12-8(13)6-3-7(6)9(14)15/h6-7H,3H2,1-2H3,(H,14,15)(H,11,12,13). The summed E-state index contributed by atoms with van der Waals surface area (Å²) in [4.78, 5) is 27.4. The molecule has 1 aromatic rings. The molecule has 2 atom stereocenters. The van der Waals surface area contributed by atoms with Crippen LogP contribution in [-0.2, 0) is 9.59 Å². The fraction of sp³-hybridized carbons (Fsp3) is 0.500. The van der Waals surface area contributed by atoms with Gasteiger partial charge in [0.1, 0.15) is 0 Å². The average Bonchev–Trinajstić information content (AvgIpc) is 2.91. The second-order valence-corrected chi connectivity index (χ2v) is 5.14. The fourth-order valence-electron chi connectivity index (χ4n) is 1.48. The van der Waals surface area contributed by atoms with Gasteiger partial charge in [0.25, 0.3) is 0 Å². The van der Waals surface area contributed by atoms with E-state index in [2.05, 4.69) is 10.3 Å². The van der Waals surface area contributed by atoms with E-state index in [4.69, 9.17) is 5.11 Å². The van der Waals surface area contributed by atoms with E-state index in [1.165, 1.54) is 11.3 Å². The van der Waals surface area contributed by atoms with Gasteiger partial charge in [-0.15, -0.1) is 11.3 Å². The molecule has 1 fully saturated rings. The zero-order valence-corrected chi connectivity index (χ0v) is 9.80. The predicted octanol–water partition coefficient (Wildman–Crippen LogP) is 1.42. The van der Waals surface area contributed by atoms with Crippen molar-refractivity contribution in [3.05, 3.63) is 10.6 Å². The van der Waals surface area contributed by atoms with E-state index >= 15 is 0 Å². The molecule has 0 radical (unpaired) electrons. The van der Waals surface area contributed by atoms with E-state index in [9.17, 15) is 9.59 Å². The van der Waals surface area contributed by atoms with Gasteiger partial charge in [0.05, 0.1) is 17.5 Å². The molecular formula is C10H12N2O3S. The Hall–Kier alpha value is -1.43. The van der Waals surface area contributed by atoms with Crippen molar-refractivity contribution in [2.75, 3.05) is 5.32 Å². The quantitative estimate of drug-likeness (QED) is 0.837. The Kier molecular flexibility index (Phi) is 2.67. The Labute approximate surface area is 96.5 Å². The lowest BCUT2D eigenvalue weighted by Crippen LogP contribution is -2.16. The summed E-state index contributed by atoms with van der Waals surface area (Å²) >= 11 is 1.41. The second kappa shape index (κ2) is 3.86. The number of nitrogens with zero attached hydrogens (tertiary/aromatic N) is 1. The average molecular weight is 240 g/mol. The summed E-state index contributed by atoms with van der Waals surface area (Å²) in [5.41, 5.74) is 0.894. The lowest BCUT2D eigenvalue weighted by atomic mass is 10.3. The van der Waals surface area contributed by atoms with Crippen LogP contribution in [0.1, 0.15) is 17.0 Å². The number of anilines is 1. The first-order chi connectivity index (χ1) is 7.49. The van der Waals surface area contributed by atoms with E-state index in [-0.39, 0.29) is 11.8 Å². The van der Waals surface area contributed by atoms with Crippen molar-refractivity contribution in [1.82, 2.24) is 4.98 Å². The highest BCUT2D eigenvalue weighted by molar-refractivity contribution is 7.15. The molecule has 2 rings (SSSR count). The molecule has 0 aliphatic heterocycles. The number of rotatable bonds is 3. The molecule has 2 N–H and O–H groups in total. The lowest BCUT2D eigenvalue weighted by molar-refractivity contribution is -0.139. The van der Waals surface area contributed by atoms with Gasteiger partial charge in [-0.2, -0.15) is 0 Å². The van der Waals surface area contributed by atoms with Gasteiger partial charge < -0.3 is 10.4 Å². The van der Waals surface area contributed by atoms with E-state index < -0.39 is 11.9 Å². The maximum Gasteiger partial charge on any atom is 0.307 e. The van der Waals surface area contributed by atoms with Crippen molar-refractivity contribution < 1.29 is 14.7 Å². The Morgan fingerprint density at radius 3 is 2.56 bits per heavy atom. The molecule has 16 heavy (non-hydrogen) atoms. The molecule has 0 spiro atoms. The molecule has 86 valence electrons. The first-order valence-electron chi connectivity index (χ1n) is 4.96. The van der Waals surface area contributed by atoms with Crippen molar-refractivity contribution >= 4 is 28.3 Å². The summed E-state index contributed by atoms with van der Waals surface area (Å²) in [6.45, 7) is 3.80. The van der Waals surface area contributed by atoms with Gasteiger partial charge in [0.15, 0.2) is 5.13 Å². The van der Waals surface area contributed by atoms with Crippen molar-refractivity contribution in [3.8, 4) is 0 Å². The van der Waals surface area contributed by atoms with E-state index in [0.717, 1.165) is 10.6 Å². The molecule has 5 nitrogen and oxygen atoms in total. The maximum atomic E-state index is 11.6.